The van der Waals surface area contributed by atoms with Gasteiger partial charge in [0.05, 0.1) is 6.54 Å². The molecule has 2 aliphatic heterocycles. The molecule has 118 valence electrons. The van der Waals surface area contributed by atoms with Gasteiger partial charge in [-0.05, 0) is 19.3 Å². The highest BCUT2D eigenvalue weighted by molar-refractivity contribution is 6.07. The van der Waals surface area contributed by atoms with Crippen molar-refractivity contribution in [3.63, 3.8) is 0 Å². The Hall–Kier alpha value is -1.67. The number of aliphatic hydroxyl groups is 1. The molecule has 0 aromatic heterocycles. The zero-order chi connectivity index (χ0) is 15.5. The van der Waals surface area contributed by atoms with Gasteiger partial charge in [-0.15, -0.1) is 0 Å². The lowest BCUT2D eigenvalue weighted by molar-refractivity contribution is -0.133. The van der Waals surface area contributed by atoms with Crippen LogP contribution in [-0.4, -0.2) is 78.1 Å². The topological polar surface area (TPSA) is 102 Å². The largest absolute Gasteiger partial charge is 0.396 e. The lowest BCUT2D eigenvalue weighted by Gasteiger charge is -2.36. The van der Waals surface area contributed by atoms with Gasteiger partial charge in [-0.3, -0.25) is 19.4 Å². The smallest absolute Gasteiger partial charge is 0.325 e. The summed E-state index contributed by atoms with van der Waals surface area (Å²) in [6.07, 6.45) is 1.40. The lowest BCUT2D eigenvalue weighted by atomic mass is 9.87. The third kappa shape index (κ3) is 3.16. The van der Waals surface area contributed by atoms with Crippen LogP contribution in [0.2, 0.25) is 0 Å². The summed E-state index contributed by atoms with van der Waals surface area (Å²) >= 11 is 0. The van der Waals surface area contributed by atoms with Crippen LogP contribution in [0.3, 0.4) is 0 Å². The summed E-state index contributed by atoms with van der Waals surface area (Å²) in [5.74, 6) is -0.266. The quantitative estimate of drug-likeness (QED) is 0.536. The number of amides is 4. The second-order valence-electron chi connectivity index (χ2n) is 5.50. The van der Waals surface area contributed by atoms with Crippen molar-refractivity contribution in [2.24, 2.45) is 0 Å². The van der Waals surface area contributed by atoms with E-state index in [1.807, 2.05) is 4.90 Å². The molecule has 0 bridgehead atoms. The average molecular weight is 298 g/mol. The van der Waals surface area contributed by atoms with Crippen molar-refractivity contribution in [2.45, 2.75) is 24.8 Å². The number of piperidine rings is 1. The molecule has 3 N–H and O–H groups in total. The first-order valence-electron chi connectivity index (χ1n) is 7.20. The fourth-order valence-corrected chi connectivity index (χ4v) is 2.82. The highest BCUT2D eigenvalue weighted by atomic mass is 16.3. The molecule has 4 amide bonds. The molecule has 8 heteroatoms. The second kappa shape index (κ2) is 6.40. The van der Waals surface area contributed by atoms with E-state index in [-0.39, 0.29) is 31.0 Å². The first-order chi connectivity index (χ1) is 10.0. The standard InChI is InChI=1S/C13H22N4O4/c1-14-10(19)9-16-6-3-13(4-7-16)11(20)17(5-2-8-18)12(21)15-13/h18H,2-9H2,1H3,(H,14,19)(H,15,21). The van der Waals surface area contributed by atoms with Crippen LogP contribution in [0.1, 0.15) is 19.3 Å². The Balaban J connectivity index is 1.95. The molecule has 8 nitrogen and oxygen atoms in total. The number of likely N-dealkylation sites (tertiary alicyclic amines) is 1. The van der Waals surface area contributed by atoms with Gasteiger partial charge < -0.3 is 15.7 Å². The first kappa shape index (κ1) is 15.7. The number of imide groups is 1. The number of likely N-dealkylation sites (N-methyl/N-ethyl adjacent to an activating group) is 1. The van der Waals surface area contributed by atoms with Gasteiger partial charge in [-0.1, -0.05) is 0 Å². The number of nitrogens with one attached hydrogen (secondary N) is 2. The highest BCUT2D eigenvalue weighted by Gasteiger charge is 2.51. The predicted molar refractivity (Wildman–Crippen MR) is 74.4 cm³/mol. The van der Waals surface area contributed by atoms with E-state index >= 15 is 0 Å². The number of carbonyl (C=O) groups excluding carboxylic acids is 3. The zero-order valence-corrected chi connectivity index (χ0v) is 12.2. The summed E-state index contributed by atoms with van der Waals surface area (Å²) in [6.45, 7) is 1.68. The third-order valence-corrected chi connectivity index (χ3v) is 4.14. The van der Waals surface area contributed by atoms with E-state index in [0.29, 0.717) is 38.9 Å². The lowest BCUT2D eigenvalue weighted by Crippen LogP contribution is -2.55. The summed E-state index contributed by atoms with van der Waals surface area (Å²) in [4.78, 5) is 38.9. The predicted octanol–water partition coefficient (Wildman–Crippen LogP) is -1.50. The molecule has 0 aromatic carbocycles. The molecule has 2 fully saturated rings. The molecule has 2 aliphatic rings. The average Bonchev–Trinajstić information content (AvgIpc) is 2.71. The van der Waals surface area contributed by atoms with Crippen LogP contribution in [0.5, 0.6) is 0 Å². The second-order valence-corrected chi connectivity index (χ2v) is 5.50. The van der Waals surface area contributed by atoms with Crippen molar-refractivity contribution in [1.29, 1.82) is 0 Å². The number of hydrogen-bond donors (Lipinski definition) is 3. The zero-order valence-electron chi connectivity index (χ0n) is 12.2. The summed E-state index contributed by atoms with van der Waals surface area (Å²) < 4.78 is 0. The van der Waals surface area contributed by atoms with Crippen molar-refractivity contribution < 1.29 is 19.5 Å². The molecule has 2 heterocycles. The maximum atomic E-state index is 12.4. The van der Waals surface area contributed by atoms with Gasteiger partial charge in [0.1, 0.15) is 5.54 Å². The molecule has 2 rings (SSSR count). The SMILES string of the molecule is CNC(=O)CN1CCC2(CC1)NC(=O)N(CCCO)C2=O. The monoisotopic (exact) mass is 298 g/mol. The molecule has 0 saturated carbocycles. The Morgan fingerprint density at radius 1 is 1.38 bits per heavy atom. The van der Waals surface area contributed by atoms with Crippen LogP contribution in [0, 0.1) is 0 Å². The minimum Gasteiger partial charge on any atom is -0.396 e. The van der Waals surface area contributed by atoms with Crippen LogP contribution >= 0.6 is 0 Å². The summed E-state index contributed by atoms with van der Waals surface area (Å²) in [5.41, 5.74) is -0.828. The maximum Gasteiger partial charge on any atom is 0.325 e. The summed E-state index contributed by atoms with van der Waals surface area (Å²) in [7, 11) is 1.59. The number of nitrogens with zero attached hydrogens (tertiary/aromatic N) is 2. The van der Waals surface area contributed by atoms with E-state index in [0.717, 1.165) is 0 Å². The van der Waals surface area contributed by atoms with Gasteiger partial charge in [-0.2, -0.15) is 0 Å². The third-order valence-electron chi connectivity index (χ3n) is 4.14. The molecule has 0 radical (unpaired) electrons. The van der Waals surface area contributed by atoms with Crippen LogP contribution in [0.15, 0.2) is 0 Å². The van der Waals surface area contributed by atoms with Crippen LogP contribution < -0.4 is 10.6 Å². The molecule has 0 aliphatic carbocycles. The van der Waals surface area contributed by atoms with E-state index in [9.17, 15) is 14.4 Å². The number of hydrogen-bond acceptors (Lipinski definition) is 5. The molecule has 0 atom stereocenters. The van der Waals surface area contributed by atoms with E-state index in [2.05, 4.69) is 10.6 Å². The minimum atomic E-state index is -0.828. The van der Waals surface area contributed by atoms with E-state index in [4.69, 9.17) is 5.11 Å². The Morgan fingerprint density at radius 3 is 2.62 bits per heavy atom. The normalized spacial score (nSPS) is 21.7. The number of rotatable bonds is 5. The summed E-state index contributed by atoms with van der Waals surface area (Å²) in [5, 5.41) is 14.2. The van der Waals surface area contributed by atoms with E-state index < -0.39 is 5.54 Å². The van der Waals surface area contributed by atoms with Gasteiger partial charge >= 0.3 is 6.03 Å². The molecule has 21 heavy (non-hydrogen) atoms. The Morgan fingerprint density at radius 2 is 2.05 bits per heavy atom. The highest BCUT2D eigenvalue weighted by Crippen LogP contribution is 2.29. The number of carbonyl (C=O) groups is 3. The molecular formula is C13H22N4O4. The van der Waals surface area contributed by atoms with E-state index in [1.54, 1.807) is 7.05 Å². The Kier molecular flexibility index (Phi) is 4.79. The molecule has 1 spiro atoms. The van der Waals surface area contributed by atoms with Crippen LogP contribution in [0.4, 0.5) is 4.79 Å². The first-order valence-corrected chi connectivity index (χ1v) is 7.20. The molecule has 0 unspecified atom stereocenters. The van der Waals surface area contributed by atoms with Gasteiger partial charge in [0.25, 0.3) is 5.91 Å². The number of urea groups is 1. The number of aliphatic hydroxyl groups excluding tert-OH is 1. The molecule has 0 aromatic rings. The minimum absolute atomic E-state index is 0.0516. The molecular weight excluding hydrogens is 276 g/mol. The fourth-order valence-electron chi connectivity index (χ4n) is 2.82. The van der Waals surface area contributed by atoms with Crippen LogP contribution in [-0.2, 0) is 9.59 Å². The van der Waals surface area contributed by atoms with Crippen molar-refractivity contribution in [3.05, 3.63) is 0 Å². The van der Waals surface area contributed by atoms with Crippen molar-refractivity contribution in [2.75, 3.05) is 39.8 Å². The van der Waals surface area contributed by atoms with Gasteiger partial charge in [-0.25, -0.2) is 4.79 Å². The van der Waals surface area contributed by atoms with Crippen molar-refractivity contribution in [3.8, 4) is 0 Å². The summed E-state index contributed by atoms with van der Waals surface area (Å²) in [6, 6.07) is -0.381. The van der Waals surface area contributed by atoms with Crippen LogP contribution in [0.25, 0.3) is 0 Å². The van der Waals surface area contributed by atoms with Crippen molar-refractivity contribution in [1.82, 2.24) is 20.4 Å². The molecule has 2 saturated heterocycles. The van der Waals surface area contributed by atoms with E-state index in [1.165, 1.54) is 4.90 Å². The van der Waals surface area contributed by atoms with Gasteiger partial charge in [0.2, 0.25) is 5.91 Å². The van der Waals surface area contributed by atoms with Gasteiger partial charge in [0, 0.05) is 33.3 Å². The maximum absolute atomic E-state index is 12.4. The Bertz CT molecular complexity index is 432. The fraction of sp³-hybridized carbons (Fsp3) is 0.769. The Labute approximate surface area is 123 Å². The van der Waals surface area contributed by atoms with Crippen molar-refractivity contribution >= 4 is 17.8 Å². The van der Waals surface area contributed by atoms with Gasteiger partial charge in [0.15, 0.2) is 0 Å².